The maximum atomic E-state index is 12.8. The lowest BCUT2D eigenvalue weighted by atomic mass is 10.1. The zero-order valence-electron chi connectivity index (χ0n) is 17.5. The van der Waals surface area contributed by atoms with Gasteiger partial charge in [0.05, 0.1) is 12.0 Å². The third kappa shape index (κ3) is 5.27. The first-order valence-electron chi connectivity index (χ1n) is 9.72. The first-order chi connectivity index (χ1) is 14.3. The maximum absolute atomic E-state index is 12.8. The number of rotatable bonds is 6. The van der Waals surface area contributed by atoms with Gasteiger partial charge in [-0.2, -0.15) is 4.31 Å². The highest BCUT2D eigenvalue weighted by Crippen LogP contribution is 2.22. The van der Waals surface area contributed by atoms with E-state index in [-0.39, 0.29) is 10.8 Å². The molecule has 1 N–H and O–H groups in total. The molecule has 8 heteroatoms. The zero-order valence-corrected chi connectivity index (χ0v) is 18.3. The van der Waals surface area contributed by atoms with Crippen LogP contribution in [0.1, 0.15) is 11.1 Å². The third-order valence-corrected chi connectivity index (χ3v) is 6.93. The number of hydrogen-bond donors (Lipinski definition) is 1. The average Bonchev–Trinajstić information content (AvgIpc) is 2.73. The van der Waals surface area contributed by atoms with Gasteiger partial charge >= 0.3 is 0 Å². The molecule has 1 aliphatic heterocycles. The highest BCUT2D eigenvalue weighted by Gasteiger charge is 2.27. The van der Waals surface area contributed by atoms with Crippen LogP contribution in [0, 0.1) is 6.92 Å². The van der Waals surface area contributed by atoms with Gasteiger partial charge in [-0.3, -0.25) is 4.79 Å². The molecule has 0 radical (unpaired) electrons. The molecule has 1 aliphatic rings. The van der Waals surface area contributed by atoms with Gasteiger partial charge in [0.2, 0.25) is 15.9 Å². The summed E-state index contributed by atoms with van der Waals surface area (Å²) in [5.74, 6) is 0.372. The van der Waals surface area contributed by atoms with Crippen molar-refractivity contribution in [1.82, 2.24) is 9.21 Å². The van der Waals surface area contributed by atoms with Crippen LogP contribution in [-0.2, 0) is 14.8 Å². The Kier molecular flexibility index (Phi) is 6.91. The summed E-state index contributed by atoms with van der Waals surface area (Å²) < 4.78 is 32.3. The largest absolute Gasteiger partial charge is 0.496 e. The second-order valence-electron chi connectivity index (χ2n) is 7.30. The molecule has 1 heterocycles. The summed E-state index contributed by atoms with van der Waals surface area (Å²) in [5.41, 5.74) is 2.40. The molecule has 160 valence electrons. The van der Waals surface area contributed by atoms with Gasteiger partial charge in [0.15, 0.2) is 0 Å². The van der Waals surface area contributed by atoms with Crippen LogP contribution in [-0.4, -0.2) is 63.9 Å². The third-order valence-electron chi connectivity index (χ3n) is 5.02. The zero-order chi connectivity index (χ0) is 21.7. The van der Waals surface area contributed by atoms with Crippen LogP contribution in [0.5, 0.6) is 5.75 Å². The van der Waals surface area contributed by atoms with Crippen LogP contribution in [0.3, 0.4) is 0 Å². The van der Waals surface area contributed by atoms with Crippen molar-refractivity contribution in [1.29, 1.82) is 0 Å². The molecule has 1 fully saturated rings. The van der Waals surface area contributed by atoms with Crippen LogP contribution in [0.4, 0.5) is 5.69 Å². The number of hydrogen-bond acceptors (Lipinski definition) is 5. The number of likely N-dealkylation sites (N-methyl/N-ethyl adjacent to an activating group) is 1. The molecule has 0 aliphatic carbocycles. The van der Waals surface area contributed by atoms with E-state index in [2.05, 4.69) is 10.2 Å². The Morgan fingerprint density at radius 2 is 1.73 bits per heavy atom. The summed E-state index contributed by atoms with van der Waals surface area (Å²) in [6.07, 6.45) is 3.11. The smallest absolute Gasteiger partial charge is 0.248 e. The number of ether oxygens (including phenoxy) is 1. The molecular formula is C22H27N3O4S. The second kappa shape index (κ2) is 9.42. The molecular weight excluding hydrogens is 402 g/mol. The average molecular weight is 430 g/mol. The number of nitrogens with one attached hydrogen (secondary N) is 1. The van der Waals surface area contributed by atoms with E-state index in [1.807, 2.05) is 32.2 Å². The molecule has 0 aromatic heterocycles. The minimum absolute atomic E-state index is 0.227. The van der Waals surface area contributed by atoms with Crippen molar-refractivity contribution in [3.63, 3.8) is 0 Å². The highest BCUT2D eigenvalue weighted by atomic mass is 32.2. The molecule has 0 bridgehead atoms. The van der Waals surface area contributed by atoms with Crippen LogP contribution in [0.25, 0.3) is 6.08 Å². The van der Waals surface area contributed by atoms with Gasteiger partial charge in [0, 0.05) is 43.5 Å². The summed E-state index contributed by atoms with van der Waals surface area (Å²) >= 11 is 0. The van der Waals surface area contributed by atoms with Crippen LogP contribution >= 0.6 is 0 Å². The Bertz CT molecular complexity index is 1020. The van der Waals surface area contributed by atoms with E-state index in [4.69, 9.17) is 4.74 Å². The maximum Gasteiger partial charge on any atom is 0.248 e. The fourth-order valence-corrected chi connectivity index (χ4v) is 4.64. The van der Waals surface area contributed by atoms with Crippen LogP contribution in [0.15, 0.2) is 53.4 Å². The Morgan fingerprint density at radius 3 is 2.37 bits per heavy atom. The van der Waals surface area contributed by atoms with Gasteiger partial charge in [-0.1, -0.05) is 11.6 Å². The first-order valence-corrected chi connectivity index (χ1v) is 11.2. The monoisotopic (exact) mass is 429 g/mol. The topological polar surface area (TPSA) is 78.9 Å². The number of nitrogens with zero attached hydrogens (tertiary/aromatic N) is 2. The Morgan fingerprint density at radius 1 is 1.07 bits per heavy atom. The molecule has 30 heavy (non-hydrogen) atoms. The van der Waals surface area contributed by atoms with Gasteiger partial charge in [-0.15, -0.1) is 0 Å². The van der Waals surface area contributed by atoms with Crippen molar-refractivity contribution in [2.24, 2.45) is 0 Å². The lowest BCUT2D eigenvalue weighted by Gasteiger charge is -2.31. The van der Waals surface area contributed by atoms with Crippen molar-refractivity contribution in [2.75, 3.05) is 45.7 Å². The predicted molar refractivity (Wildman–Crippen MR) is 118 cm³/mol. The van der Waals surface area contributed by atoms with E-state index in [0.717, 1.165) is 11.1 Å². The van der Waals surface area contributed by atoms with Crippen molar-refractivity contribution in [3.05, 3.63) is 59.7 Å². The normalized spacial score (nSPS) is 16.0. The Balaban J connectivity index is 1.65. The predicted octanol–water partition coefficient (Wildman–Crippen LogP) is 2.59. The summed E-state index contributed by atoms with van der Waals surface area (Å²) in [6.45, 7) is 4.35. The number of sulfonamides is 1. The quantitative estimate of drug-likeness (QED) is 0.714. The van der Waals surface area contributed by atoms with E-state index < -0.39 is 10.0 Å². The second-order valence-corrected chi connectivity index (χ2v) is 9.24. The van der Waals surface area contributed by atoms with E-state index in [0.29, 0.717) is 37.6 Å². The summed E-state index contributed by atoms with van der Waals surface area (Å²) in [5, 5.41) is 2.75. The molecule has 0 spiro atoms. The highest BCUT2D eigenvalue weighted by molar-refractivity contribution is 7.89. The van der Waals surface area contributed by atoms with Crippen molar-refractivity contribution in [3.8, 4) is 5.75 Å². The minimum atomic E-state index is -3.52. The molecule has 2 aromatic carbocycles. The summed E-state index contributed by atoms with van der Waals surface area (Å²) in [7, 11) is 0.0376. The number of piperazine rings is 1. The first kappa shape index (κ1) is 22.0. The van der Waals surface area contributed by atoms with Crippen molar-refractivity contribution in [2.45, 2.75) is 11.8 Å². The Labute approximate surface area is 178 Å². The molecule has 0 unspecified atom stereocenters. The molecule has 7 nitrogen and oxygen atoms in total. The summed E-state index contributed by atoms with van der Waals surface area (Å²) in [4.78, 5) is 14.6. The number of anilines is 1. The van der Waals surface area contributed by atoms with E-state index in [9.17, 15) is 13.2 Å². The van der Waals surface area contributed by atoms with Gasteiger partial charge in [-0.05, 0) is 56.4 Å². The number of benzene rings is 2. The van der Waals surface area contributed by atoms with Crippen molar-refractivity contribution < 1.29 is 17.9 Å². The molecule has 0 saturated carbocycles. The van der Waals surface area contributed by atoms with Gasteiger partial charge in [-0.25, -0.2) is 8.42 Å². The fraction of sp³-hybridized carbons (Fsp3) is 0.318. The van der Waals surface area contributed by atoms with Gasteiger partial charge in [0.25, 0.3) is 0 Å². The van der Waals surface area contributed by atoms with Crippen LogP contribution in [0.2, 0.25) is 0 Å². The molecule has 1 saturated heterocycles. The van der Waals surface area contributed by atoms with Crippen molar-refractivity contribution >= 4 is 27.7 Å². The minimum Gasteiger partial charge on any atom is -0.496 e. The van der Waals surface area contributed by atoms with E-state index in [1.165, 1.54) is 22.5 Å². The van der Waals surface area contributed by atoms with E-state index >= 15 is 0 Å². The van der Waals surface area contributed by atoms with E-state index in [1.54, 1.807) is 25.3 Å². The lowest BCUT2D eigenvalue weighted by Crippen LogP contribution is -2.46. The SMILES string of the molecule is COc1ccc(C)cc1/C=C/C(=O)Nc1ccc(S(=O)(=O)N2CCN(C)CC2)cc1. The fourth-order valence-electron chi connectivity index (χ4n) is 3.22. The van der Waals surface area contributed by atoms with Crippen LogP contribution < -0.4 is 10.1 Å². The number of carbonyl (C=O) groups is 1. The molecule has 0 atom stereocenters. The standard InChI is InChI=1S/C22H27N3O4S/c1-17-4-10-21(29-3)18(16-17)5-11-22(26)23-19-6-8-20(9-7-19)30(27,28)25-14-12-24(2)13-15-25/h4-11,16H,12-15H2,1-3H3,(H,23,26)/b11-5+. The summed E-state index contributed by atoms with van der Waals surface area (Å²) in [6, 6.07) is 12.0. The van der Waals surface area contributed by atoms with Gasteiger partial charge < -0.3 is 15.0 Å². The number of aryl methyl sites for hydroxylation is 1. The number of amides is 1. The number of methoxy groups -OCH3 is 1. The molecule has 3 rings (SSSR count). The Hall–Kier alpha value is -2.68. The molecule has 1 amide bonds. The lowest BCUT2D eigenvalue weighted by molar-refractivity contribution is -0.111. The van der Waals surface area contributed by atoms with Gasteiger partial charge in [0.1, 0.15) is 5.75 Å². The molecule has 2 aromatic rings. The number of carbonyl (C=O) groups excluding carboxylic acids is 1.